The topological polar surface area (TPSA) is 61.4 Å². The van der Waals surface area contributed by atoms with Crippen molar-refractivity contribution in [3.63, 3.8) is 0 Å². The molecule has 128 valence electrons. The van der Waals surface area contributed by atoms with Gasteiger partial charge in [0.25, 0.3) is 0 Å². The maximum absolute atomic E-state index is 12.7. The molecule has 0 saturated carbocycles. The normalized spacial score (nSPS) is 22.8. The van der Waals surface area contributed by atoms with Crippen molar-refractivity contribution < 1.29 is 23.1 Å². The van der Waals surface area contributed by atoms with E-state index in [1.54, 1.807) is 6.07 Å². The van der Waals surface area contributed by atoms with Gasteiger partial charge < -0.3 is 15.7 Å². The third-order valence-electron chi connectivity index (χ3n) is 4.08. The highest BCUT2D eigenvalue weighted by molar-refractivity contribution is 5.82. The monoisotopic (exact) mass is 330 g/mol. The summed E-state index contributed by atoms with van der Waals surface area (Å²) in [6, 6.07) is 4.87. The zero-order valence-electron chi connectivity index (χ0n) is 12.9. The summed E-state index contributed by atoms with van der Waals surface area (Å²) in [6.07, 6.45) is -3.93. The second kappa shape index (κ2) is 7.31. The highest BCUT2D eigenvalue weighted by Gasteiger charge is 2.31. The molecule has 0 aromatic heterocycles. The minimum atomic E-state index is -4.35. The number of halogens is 3. The molecule has 1 fully saturated rings. The number of hydrogen-bond donors (Lipinski definition) is 3. The Morgan fingerprint density at radius 2 is 2.22 bits per heavy atom. The van der Waals surface area contributed by atoms with Gasteiger partial charge in [-0.25, -0.2) is 0 Å². The first-order valence-electron chi connectivity index (χ1n) is 7.63. The third kappa shape index (κ3) is 4.94. The molecule has 23 heavy (non-hydrogen) atoms. The van der Waals surface area contributed by atoms with E-state index in [9.17, 15) is 23.1 Å². The lowest BCUT2D eigenvalue weighted by atomic mass is 9.96. The number of alkyl halides is 3. The molecular formula is C16H21F3N2O2. The predicted octanol–water partition coefficient (Wildman–Crippen LogP) is 2.04. The molecular weight excluding hydrogens is 309 g/mol. The molecule has 1 amide bonds. The van der Waals surface area contributed by atoms with Crippen molar-refractivity contribution >= 4 is 5.91 Å². The van der Waals surface area contributed by atoms with E-state index >= 15 is 0 Å². The Morgan fingerprint density at radius 1 is 1.48 bits per heavy atom. The maximum Gasteiger partial charge on any atom is 0.416 e. The lowest BCUT2D eigenvalue weighted by Gasteiger charge is -2.16. The number of aliphatic hydroxyl groups excluding tert-OH is 1. The molecule has 3 unspecified atom stereocenters. The highest BCUT2D eigenvalue weighted by atomic mass is 19.4. The molecule has 0 spiro atoms. The van der Waals surface area contributed by atoms with E-state index in [0.29, 0.717) is 31.5 Å². The zero-order valence-corrected chi connectivity index (χ0v) is 12.9. The van der Waals surface area contributed by atoms with Crippen LogP contribution in [0.2, 0.25) is 0 Å². The van der Waals surface area contributed by atoms with Crippen LogP contribution in [0.3, 0.4) is 0 Å². The lowest BCUT2D eigenvalue weighted by Crippen LogP contribution is -2.40. The summed E-state index contributed by atoms with van der Waals surface area (Å²) < 4.78 is 38.1. The maximum atomic E-state index is 12.7. The lowest BCUT2D eigenvalue weighted by molar-refractivity contribution is -0.137. The third-order valence-corrected chi connectivity index (χ3v) is 4.08. The van der Waals surface area contributed by atoms with Crippen LogP contribution in [0.1, 0.15) is 36.8 Å². The van der Waals surface area contributed by atoms with Gasteiger partial charge in [-0.2, -0.15) is 13.2 Å². The number of hydrogen-bond acceptors (Lipinski definition) is 3. The molecule has 1 aromatic carbocycles. The van der Waals surface area contributed by atoms with E-state index in [0.717, 1.165) is 12.1 Å². The largest absolute Gasteiger partial charge is 0.416 e. The van der Waals surface area contributed by atoms with Crippen molar-refractivity contribution in [1.82, 2.24) is 10.6 Å². The first-order chi connectivity index (χ1) is 10.8. The molecule has 1 heterocycles. The zero-order chi connectivity index (χ0) is 17.0. The van der Waals surface area contributed by atoms with Crippen LogP contribution >= 0.6 is 0 Å². The number of carbonyl (C=O) groups excluding carboxylic acids is 1. The first-order valence-corrected chi connectivity index (χ1v) is 7.63. The van der Waals surface area contributed by atoms with Crippen molar-refractivity contribution in [3.05, 3.63) is 35.4 Å². The van der Waals surface area contributed by atoms with Gasteiger partial charge in [0.1, 0.15) is 0 Å². The van der Waals surface area contributed by atoms with E-state index in [1.807, 2.05) is 6.92 Å². The number of nitrogens with one attached hydrogen (secondary N) is 2. The number of amides is 1. The Hall–Kier alpha value is -1.60. The Balaban J connectivity index is 1.83. The number of carbonyl (C=O) groups is 1. The van der Waals surface area contributed by atoms with Crippen molar-refractivity contribution in [2.75, 3.05) is 13.1 Å². The van der Waals surface area contributed by atoms with Crippen LogP contribution in [0, 0.1) is 0 Å². The minimum absolute atomic E-state index is 0.0975. The van der Waals surface area contributed by atoms with Gasteiger partial charge in [-0.3, -0.25) is 4.79 Å². The van der Waals surface area contributed by atoms with Crippen molar-refractivity contribution in [2.24, 2.45) is 0 Å². The van der Waals surface area contributed by atoms with E-state index in [2.05, 4.69) is 10.6 Å². The Kier molecular flexibility index (Phi) is 5.64. The SMILES string of the molecule is CC(CCNC(=O)C1CC(O)CN1)c1cccc(C(F)(F)F)c1. The Bertz CT molecular complexity index is 548. The fourth-order valence-electron chi connectivity index (χ4n) is 2.64. The molecule has 7 heteroatoms. The molecule has 1 aliphatic heterocycles. The van der Waals surface area contributed by atoms with Gasteiger partial charge in [-0.15, -0.1) is 0 Å². The fraction of sp³-hybridized carbons (Fsp3) is 0.562. The molecule has 2 rings (SSSR count). The number of β-amino-alcohol motifs (C(OH)–C–C–N with tert-alkyl or cyclic N) is 1. The molecule has 4 nitrogen and oxygen atoms in total. The van der Waals surface area contributed by atoms with Gasteiger partial charge in [0.05, 0.1) is 17.7 Å². The highest BCUT2D eigenvalue weighted by Crippen LogP contribution is 2.31. The van der Waals surface area contributed by atoms with Crippen LogP contribution < -0.4 is 10.6 Å². The first kappa shape index (κ1) is 17.7. The van der Waals surface area contributed by atoms with E-state index in [-0.39, 0.29) is 11.8 Å². The van der Waals surface area contributed by atoms with Crippen LogP contribution in [-0.2, 0) is 11.0 Å². The van der Waals surface area contributed by atoms with E-state index < -0.39 is 23.9 Å². The van der Waals surface area contributed by atoms with Crippen LogP contribution in [0.5, 0.6) is 0 Å². The van der Waals surface area contributed by atoms with Crippen LogP contribution in [-0.4, -0.2) is 36.2 Å². The second-order valence-electron chi connectivity index (χ2n) is 5.95. The summed E-state index contributed by atoms with van der Waals surface area (Å²) in [6.45, 7) is 2.61. The number of rotatable bonds is 5. The average molecular weight is 330 g/mol. The summed E-state index contributed by atoms with van der Waals surface area (Å²) in [7, 11) is 0. The summed E-state index contributed by atoms with van der Waals surface area (Å²) in [5.74, 6) is -0.280. The number of benzene rings is 1. The molecule has 0 aliphatic carbocycles. The molecule has 1 aliphatic rings. The van der Waals surface area contributed by atoms with E-state index in [4.69, 9.17) is 0 Å². The Labute approximate surface area is 133 Å². The fourth-order valence-corrected chi connectivity index (χ4v) is 2.64. The van der Waals surface area contributed by atoms with Crippen molar-refractivity contribution in [3.8, 4) is 0 Å². The molecule has 1 saturated heterocycles. The molecule has 1 aromatic rings. The summed E-state index contributed by atoms with van der Waals surface area (Å²) in [5.41, 5.74) is -0.0569. The van der Waals surface area contributed by atoms with Gasteiger partial charge in [-0.1, -0.05) is 25.1 Å². The van der Waals surface area contributed by atoms with Crippen LogP contribution in [0.15, 0.2) is 24.3 Å². The van der Waals surface area contributed by atoms with Crippen LogP contribution in [0.4, 0.5) is 13.2 Å². The summed E-state index contributed by atoms with van der Waals surface area (Å²) >= 11 is 0. The quantitative estimate of drug-likeness (QED) is 0.774. The standard InChI is InChI=1S/C16H21F3N2O2/c1-10(11-3-2-4-12(7-11)16(17,18)19)5-6-20-15(23)14-8-13(22)9-21-14/h2-4,7,10,13-14,21-22H,5-6,8-9H2,1H3,(H,20,23). The molecule has 3 N–H and O–H groups in total. The smallest absolute Gasteiger partial charge is 0.392 e. The van der Waals surface area contributed by atoms with Gasteiger partial charge in [-0.05, 0) is 30.4 Å². The average Bonchev–Trinajstić information content (AvgIpc) is 2.93. The Morgan fingerprint density at radius 3 is 2.83 bits per heavy atom. The molecule has 0 radical (unpaired) electrons. The summed E-state index contributed by atoms with van der Waals surface area (Å²) in [5, 5.41) is 15.0. The van der Waals surface area contributed by atoms with Crippen molar-refractivity contribution in [2.45, 2.75) is 44.0 Å². The molecule has 0 bridgehead atoms. The predicted molar refractivity (Wildman–Crippen MR) is 79.9 cm³/mol. The second-order valence-corrected chi connectivity index (χ2v) is 5.95. The summed E-state index contributed by atoms with van der Waals surface area (Å²) in [4.78, 5) is 11.9. The van der Waals surface area contributed by atoms with Crippen LogP contribution in [0.25, 0.3) is 0 Å². The van der Waals surface area contributed by atoms with Gasteiger partial charge >= 0.3 is 6.18 Å². The van der Waals surface area contributed by atoms with Crippen molar-refractivity contribution in [1.29, 1.82) is 0 Å². The minimum Gasteiger partial charge on any atom is -0.392 e. The van der Waals surface area contributed by atoms with E-state index in [1.165, 1.54) is 6.07 Å². The number of aliphatic hydroxyl groups is 1. The van der Waals surface area contributed by atoms with Gasteiger partial charge in [0.15, 0.2) is 0 Å². The van der Waals surface area contributed by atoms with Gasteiger partial charge in [0.2, 0.25) is 5.91 Å². The molecule has 3 atom stereocenters. The van der Waals surface area contributed by atoms with Gasteiger partial charge in [0, 0.05) is 13.1 Å².